The van der Waals surface area contributed by atoms with Crippen LogP contribution in [0.25, 0.3) is 39.2 Å². The zero-order valence-electron chi connectivity index (χ0n) is 18.9. The minimum Gasteiger partial charge on any atom is -0.480 e. The number of nitrogens with zero attached hydrogens (tertiary/aromatic N) is 7. The van der Waals surface area contributed by atoms with Gasteiger partial charge in [0.05, 0.1) is 29.4 Å². The molecule has 3 heterocycles. The molecule has 0 radical (unpaired) electrons. The number of anilines is 1. The highest BCUT2D eigenvalue weighted by molar-refractivity contribution is 5.87. The van der Waals surface area contributed by atoms with Crippen LogP contribution in [0.5, 0.6) is 5.88 Å². The van der Waals surface area contributed by atoms with E-state index in [2.05, 4.69) is 57.5 Å². The van der Waals surface area contributed by atoms with Gasteiger partial charge in [0.2, 0.25) is 11.8 Å². The first-order valence-corrected chi connectivity index (χ1v) is 10.5. The van der Waals surface area contributed by atoms with E-state index in [1.807, 2.05) is 30.3 Å². The van der Waals surface area contributed by atoms with Gasteiger partial charge in [-0.2, -0.15) is 10.1 Å². The molecule has 0 amide bonds. The van der Waals surface area contributed by atoms with Crippen molar-refractivity contribution in [2.45, 2.75) is 26.3 Å². The third kappa shape index (κ3) is 3.57. The number of hydrogen-bond donors (Lipinski definition) is 1. The quantitative estimate of drug-likeness (QED) is 0.448. The fourth-order valence-electron chi connectivity index (χ4n) is 4.04. The van der Waals surface area contributed by atoms with Gasteiger partial charge in [-0.15, -0.1) is 0 Å². The lowest BCUT2D eigenvalue weighted by Gasteiger charge is -2.25. The molecule has 33 heavy (non-hydrogen) atoms. The first kappa shape index (κ1) is 20.6. The molecule has 0 atom stereocenters. The van der Waals surface area contributed by atoms with Gasteiger partial charge in [-0.1, -0.05) is 18.2 Å². The highest BCUT2D eigenvalue weighted by Crippen LogP contribution is 2.36. The summed E-state index contributed by atoms with van der Waals surface area (Å²) >= 11 is 0. The number of rotatable bonds is 4. The number of benzene rings is 2. The molecule has 9 heteroatoms. The molecule has 166 valence electrons. The Hall–Kier alpha value is -4.27. The van der Waals surface area contributed by atoms with Gasteiger partial charge >= 0.3 is 0 Å². The minimum absolute atomic E-state index is 0.167. The molecule has 0 aliphatic carbocycles. The fourth-order valence-corrected chi connectivity index (χ4v) is 4.04. The number of aromatic nitrogens is 7. The first-order valence-electron chi connectivity index (χ1n) is 10.5. The summed E-state index contributed by atoms with van der Waals surface area (Å²) in [7, 11) is 1.57. The zero-order valence-corrected chi connectivity index (χ0v) is 18.9. The zero-order chi connectivity index (χ0) is 23.2. The van der Waals surface area contributed by atoms with Gasteiger partial charge in [0.15, 0.2) is 0 Å². The Labute approximate surface area is 190 Å². The Bertz CT molecular complexity index is 1450. The molecule has 5 aromatic rings. The van der Waals surface area contributed by atoms with Crippen LogP contribution >= 0.6 is 0 Å². The summed E-state index contributed by atoms with van der Waals surface area (Å²) in [6, 6.07) is 14.2. The summed E-state index contributed by atoms with van der Waals surface area (Å²) in [5.41, 5.74) is 10.9. The van der Waals surface area contributed by atoms with E-state index in [1.165, 1.54) is 6.33 Å². The molecule has 2 N–H and O–H groups in total. The monoisotopic (exact) mass is 440 g/mol. The highest BCUT2D eigenvalue weighted by Gasteiger charge is 2.25. The summed E-state index contributed by atoms with van der Waals surface area (Å²) in [6.07, 6.45) is 4.89. The molecule has 9 nitrogen and oxygen atoms in total. The van der Waals surface area contributed by atoms with Gasteiger partial charge < -0.3 is 15.0 Å². The molecule has 3 aromatic heterocycles. The molecule has 2 aromatic carbocycles. The van der Waals surface area contributed by atoms with E-state index in [0.717, 1.165) is 39.2 Å². The average molecular weight is 441 g/mol. The summed E-state index contributed by atoms with van der Waals surface area (Å²) in [4.78, 5) is 17.5. The Morgan fingerprint density at radius 1 is 1.00 bits per heavy atom. The van der Waals surface area contributed by atoms with Crippen LogP contribution in [0, 0.1) is 0 Å². The standard InChI is InChI=1S/C24H24N8O/c1-24(2,3)32-20-10-9-15(17-12-27-23(25)30-22(17)33-4)11-18(20)29-21(32)16-7-5-6-8-19(16)31-14-26-13-28-31/h5-14H,1-4H3,(H2,25,27,30). The topological polar surface area (TPSA) is 110 Å². The van der Waals surface area contributed by atoms with E-state index >= 15 is 0 Å². The van der Waals surface area contributed by atoms with E-state index in [-0.39, 0.29) is 11.5 Å². The van der Waals surface area contributed by atoms with Crippen molar-refractivity contribution in [2.24, 2.45) is 0 Å². The predicted molar refractivity (Wildman–Crippen MR) is 127 cm³/mol. The van der Waals surface area contributed by atoms with Crippen molar-refractivity contribution in [2.75, 3.05) is 12.8 Å². The second kappa shape index (κ2) is 7.70. The number of nitrogens with two attached hydrogens (primary N) is 1. The summed E-state index contributed by atoms with van der Waals surface area (Å²) in [6.45, 7) is 6.50. The number of imidazole rings is 1. The first-order chi connectivity index (χ1) is 15.9. The molecule has 0 bridgehead atoms. The number of nitrogen functional groups attached to an aromatic ring is 1. The van der Waals surface area contributed by atoms with Gasteiger partial charge in [0.1, 0.15) is 18.5 Å². The number of methoxy groups -OCH3 is 1. The van der Waals surface area contributed by atoms with Crippen LogP contribution < -0.4 is 10.5 Å². The van der Waals surface area contributed by atoms with Crippen molar-refractivity contribution in [1.29, 1.82) is 0 Å². The summed E-state index contributed by atoms with van der Waals surface area (Å²) < 4.78 is 9.43. The number of hydrogen-bond acceptors (Lipinski definition) is 7. The summed E-state index contributed by atoms with van der Waals surface area (Å²) in [5, 5.41) is 4.33. The van der Waals surface area contributed by atoms with Crippen molar-refractivity contribution in [3.63, 3.8) is 0 Å². The Balaban J connectivity index is 1.75. The van der Waals surface area contributed by atoms with Crippen LogP contribution in [-0.2, 0) is 5.54 Å². The van der Waals surface area contributed by atoms with E-state index in [9.17, 15) is 0 Å². The largest absolute Gasteiger partial charge is 0.480 e. The van der Waals surface area contributed by atoms with Crippen molar-refractivity contribution >= 4 is 17.0 Å². The van der Waals surface area contributed by atoms with E-state index in [1.54, 1.807) is 24.3 Å². The predicted octanol–water partition coefficient (Wildman–Crippen LogP) is 4.09. The number of ether oxygens (including phenoxy) is 1. The molecular weight excluding hydrogens is 416 g/mol. The molecule has 0 saturated carbocycles. The maximum atomic E-state index is 5.73. The smallest absolute Gasteiger partial charge is 0.225 e. The van der Waals surface area contributed by atoms with Crippen LogP contribution in [0.1, 0.15) is 20.8 Å². The van der Waals surface area contributed by atoms with Crippen LogP contribution in [0.4, 0.5) is 5.95 Å². The lowest BCUT2D eigenvalue weighted by Crippen LogP contribution is -2.23. The third-order valence-corrected chi connectivity index (χ3v) is 5.41. The molecule has 5 rings (SSSR count). The molecule has 0 aliphatic rings. The van der Waals surface area contributed by atoms with Gasteiger partial charge in [-0.3, -0.25) is 0 Å². The van der Waals surface area contributed by atoms with Crippen molar-refractivity contribution in [3.8, 4) is 34.1 Å². The number of fused-ring (bicyclic) bond motifs is 1. The Morgan fingerprint density at radius 3 is 2.55 bits per heavy atom. The molecule has 0 spiro atoms. The normalized spacial score (nSPS) is 11.8. The van der Waals surface area contributed by atoms with Crippen LogP contribution in [0.2, 0.25) is 0 Å². The van der Waals surface area contributed by atoms with Gasteiger partial charge in [0.25, 0.3) is 0 Å². The fraction of sp³-hybridized carbons (Fsp3) is 0.208. The average Bonchev–Trinajstić information content (AvgIpc) is 3.46. The molecule has 0 unspecified atom stereocenters. The Morgan fingerprint density at radius 2 is 1.82 bits per heavy atom. The molecule has 0 aliphatic heterocycles. The molecule has 0 fully saturated rings. The second-order valence-electron chi connectivity index (χ2n) is 8.65. The summed E-state index contributed by atoms with van der Waals surface area (Å²) in [5.74, 6) is 1.44. The SMILES string of the molecule is COc1nc(N)ncc1-c1ccc2c(c1)nc(-c1ccccc1-n1cncn1)n2C(C)(C)C. The van der Waals surface area contributed by atoms with Crippen molar-refractivity contribution < 1.29 is 4.74 Å². The second-order valence-corrected chi connectivity index (χ2v) is 8.65. The van der Waals surface area contributed by atoms with Crippen LogP contribution in [0.15, 0.2) is 61.3 Å². The van der Waals surface area contributed by atoms with Crippen molar-refractivity contribution in [3.05, 3.63) is 61.3 Å². The maximum absolute atomic E-state index is 5.73. The lowest BCUT2D eigenvalue weighted by atomic mass is 10.0. The van der Waals surface area contributed by atoms with Crippen LogP contribution in [-0.4, -0.2) is 41.4 Å². The van der Waals surface area contributed by atoms with Crippen molar-refractivity contribution in [1.82, 2.24) is 34.3 Å². The van der Waals surface area contributed by atoms with Gasteiger partial charge in [-0.05, 0) is 50.6 Å². The number of para-hydroxylation sites is 1. The molecular formula is C24H24N8O. The van der Waals surface area contributed by atoms with E-state index in [0.29, 0.717) is 5.88 Å². The third-order valence-electron chi connectivity index (χ3n) is 5.41. The van der Waals surface area contributed by atoms with E-state index in [4.69, 9.17) is 15.5 Å². The maximum Gasteiger partial charge on any atom is 0.225 e. The van der Waals surface area contributed by atoms with Crippen LogP contribution in [0.3, 0.4) is 0 Å². The van der Waals surface area contributed by atoms with E-state index < -0.39 is 0 Å². The Kier molecular flexibility index (Phi) is 4.81. The minimum atomic E-state index is -0.219. The van der Waals surface area contributed by atoms with Gasteiger partial charge in [0, 0.05) is 17.3 Å². The highest BCUT2D eigenvalue weighted by atomic mass is 16.5. The lowest BCUT2D eigenvalue weighted by molar-refractivity contribution is 0.399. The molecule has 0 saturated heterocycles. The van der Waals surface area contributed by atoms with Gasteiger partial charge in [-0.25, -0.2) is 19.6 Å².